The van der Waals surface area contributed by atoms with Crippen molar-refractivity contribution < 1.29 is 19.1 Å². The van der Waals surface area contributed by atoms with Crippen LogP contribution in [0.4, 0.5) is 0 Å². The molecule has 0 saturated heterocycles. The molecule has 5 heteroatoms. The third-order valence-corrected chi connectivity index (χ3v) is 3.20. The van der Waals surface area contributed by atoms with E-state index >= 15 is 0 Å². The Balaban J connectivity index is 2.67. The minimum absolute atomic E-state index is 0.227. The number of hydrogen-bond acceptors (Lipinski definition) is 5. The minimum atomic E-state index is -0.543. The average Bonchev–Trinajstić information content (AvgIpc) is 2.82. The van der Waals surface area contributed by atoms with Crippen molar-refractivity contribution in [3.63, 3.8) is 0 Å². The summed E-state index contributed by atoms with van der Waals surface area (Å²) in [6.07, 6.45) is 0. The molecular formula is C12H10O4S. The number of thiophene rings is 1. The number of benzene rings is 1. The van der Waals surface area contributed by atoms with E-state index in [-0.39, 0.29) is 11.1 Å². The van der Waals surface area contributed by atoms with Crippen LogP contribution in [0.1, 0.15) is 20.7 Å². The third-order valence-electron chi connectivity index (χ3n) is 2.42. The molecule has 2 aromatic rings. The highest BCUT2D eigenvalue weighted by Crippen LogP contribution is 2.24. The van der Waals surface area contributed by atoms with Gasteiger partial charge in [-0.3, -0.25) is 0 Å². The molecule has 0 amide bonds. The fourth-order valence-corrected chi connectivity index (χ4v) is 2.35. The van der Waals surface area contributed by atoms with Crippen LogP contribution >= 0.6 is 11.3 Å². The van der Waals surface area contributed by atoms with Crippen LogP contribution < -0.4 is 0 Å². The molecule has 1 aromatic carbocycles. The first-order chi connectivity index (χ1) is 8.17. The van der Waals surface area contributed by atoms with Gasteiger partial charge in [-0.05, 0) is 33.7 Å². The molecule has 0 unspecified atom stereocenters. The van der Waals surface area contributed by atoms with Crippen LogP contribution in [0, 0.1) is 0 Å². The van der Waals surface area contributed by atoms with Crippen molar-refractivity contribution in [3.05, 3.63) is 34.0 Å². The topological polar surface area (TPSA) is 52.6 Å². The molecule has 0 spiro atoms. The number of rotatable bonds is 2. The van der Waals surface area contributed by atoms with Crippen LogP contribution in [0.25, 0.3) is 10.8 Å². The SMILES string of the molecule is COC(=O)c1cc2cscc2cc1C(=O)OC. The highest BCUT2D eigenvalue weighted by Gasteiger charge is 2.19. The zero-order chi connectivity index (χ0) is 12.4. The Morgan fingerprint density at radius 2 is 1.35 bits per heavy atom. The smallest absolute Gasteiger partial charge is 0.338 e. The molecule has 0 aliphatic carbocycles. The number of esters is 2. The molecular weight excluding hydrogens is 240 g/mol. The van der Waals surface area contributed by atoms with Gasteiger partial charge in [0.25, 0.3) is 0 Å². The van der Waals surface area contributed by atoms with Crippen LogP contribution in [-0.2, 0) is 9.47 Å². The molecule has 0 N–H and O–H groups in total. The molecule has 0 fully saturated rings. The van der Waals surface area contributed by atoms with E-state index in [0.717, 1.165) is 10.8 Å². The van der Waals surface area contributed by atoms with E-state index in [9.17, 15) is 9.59 Å². The number of methoxy groups -OCH3 is 2. The Morgan fingerprint density at radius 3 is 1.71 bits per heavy atom. The van der Waals surface area contributed by atoms with Gasteiger partial charge in [0.15, 0.2) is 0 Å². The highest BCUT2D eigenvalue weighted by molar-refractivity contribution is 7.09. The summed E-state index contributed by atoms with van der Waals surface area (Å²) < 4.78 is 9.31. The largest absolute Gasteiger partial charge is 0.465 e. The lowest BCUT2D eigenvalue weighted by molar-refractivity contribution is 0.0555. The summed E-state index contributed by atoms with van der Waals surface area (Å²) in [6, 6.07) is 3.29. The van der Waals surface area contributed by atoms with Crippen LogP contribution in [0.5, 0.6) is 0 Å². The maximum absolute atomic E-state index is 11.6. The lowest BCUT2D eigenvalue weighted by Gasteiger charge is -2.06. The van der Waals surface area contributed by atoms with Gasteiger partial charge in [-0.25, -0.2) is 9.59 Å². The highest BCUT2D eigenvalue weighted by atomic mass is 32.1. The molecule has 17 heavy (non-hydrogen) atoms. The van der Waals surface area contributed by atoms with Crippen LogP contribution in [0.15, 0.2) is 22.9 Å². The van der Waals surface area contributed by atoms with Gasteiger partial charge in [0, 0.05) is 0 Å². The first-order valence-electron chi connectivity index (χ1n) is 4.84. The van der Waals surface area contributed by atoms with Gasteiger partial charge in [-0.1, -0.05) is 0 Å². The minimum Gasteiger partial charge on any atom is -0.465 e. The van der Waals surface area contributed by atoms with Gasteiger partial charge in [-0.2, -0.15) is 11.3 Å². The van der Waals surface area contributed by atoms with Crippen molar-refractivity contribution in [1.82, 2.24) is 0 Å². The van der Waals surface area contributed by atoms with E-state index in [0.29, 0.717) is 0 Å². The predicted molar refractivity (Wildman–Crippen MR) is 64.5 cm³/mol. The van der Waals surface area contributed by atoms with Gasteiger partial charge < -0.3 is 9.47 Å². The molecule has 0 bridgehead atoms. The normalized spacial score (nSPS) is 10.2. The zero-order valence-electron chi connectivity index (χ0n) is 9.35. The summed E-state index contributed by atoms with van der Waals surface area (Å²) in [5.41, 5.74) is 0.454. The molecule has 0 saturated carbocycles. The maximum Gasteiger partial charge on any atom is 0.338 e. The number of carbonyl (C=O) groups excluding carboxylic acids is 2. The van der Waals surface area contributed by atoms with Crippen molar-refractivity contribution >= 4 is 34.0 Å². The van der Waals surface area contributed by atoms with E-state index in [1.54, 1.807) is 12.1 Å². The Morgan fingerprint density at radius 1 is 0.941 bits per heavy atom. The van der Waals surface area contributed by atoms with Crippen molar-refractivity contribution in [2.24, 2.45) is 0 Å². The van der Waals surface area contributed by atoms with Gasteiger partial charge in [-0.15, -0.1) is 0 Å². The van der Waals surface area contributed by atoms with Crippen LogP contribution in [0.3, 0.4) is 0 Å². The Kier molecular flexibility index (Phi) is 3.10. The van der Waals surface area contributed by atoms with Gasteiger partial charge in [0.2, 0.25) is 0 Å². The van der Waals surface area contributed by atoms with E-state index in [4.69, 9.17) is 0 Å². The maximum atomic E-state index is 11.6. The quantitative estimate of drug-likeness (QED) is 0.768. The second kappa shape index (κ2) is 4.55. The molecule has 0 atom stereocenters. The van der Waals surface area contributed by atoms with Crippen LogP contribution in [-0.4, -0.2) is 26.2 Å². The van der Waals surface area contributed by atoms with Gasteiger partial charge in [0.1, 0.15) is 0 Å². The molecule has 0 radical (unpaired) electrons. The zero-order valence-corrected chi connectivity index (χ0v) is 10.2. The van der Waals surface area contributed by atoms with Crippen molar-refractivity contribution in [1.29, 1.82) is 0 Å². The molecule has 1 aromatic heterocycles. The molecule has 2 rings (SSSR count). The first kappa shape index (κ1) is 11.6. The van der Waals surface area contributed by atoms with E-state index in [1.165, 1.54) is 25.6 Å². The summed E-state index contributed by atoms with van der Waals surface area (Å²) in [5, 5.41) is 5.62. The second-order valence-electron chi connectivity index (χ2n) is 3.38. The van der Waals surface area contributed by atoms with Crippen molar-refractivity contribution in [2.75, 3.05) is 14.2 Å². The first-order valence-corrected chi connectivity index (χ1v) is 5.78. The van der Waals surface area contributed by atoms with Crippen molar-refractivity contribution in [3.8, 4) is 0 Å². The van der Waals surface area contributed by atoms with E-state index in [2.05, 4.69) is 9.47 Å². The fourth-order valence-electron chi connectivity index (χ4n) is 1.58. The van der Waals surface area contributed by atoms with Gasteiger partial charge >= 0.3 is 11.9 Å². The Hall–Kier alpha value is -1.88. The number of carbonyl (C=O) groups is 2. The second-order valence-corrected chi connectivity index (χ2v) is 4.13. The monoisotopic (exact) mass is 250 g/mol. The number of hydrogen-bond donors (Lipinski definition) is 0. The average molecular weight is 250 g/mol. The number of ether oxygens (including phenoxy) is 2. The summed E-state index contributed by atoms with van der Waals surface area (Å²) in [4.78, 5) is 23.2. The lowest BCUT2D eigenvalue weighted by Crippen LogP contribution is -2.11. The van der Waals surface area contributed by atoms with E-state index in [1.807, 2.05) is 10.8 Å². The third kappa shape index (κ3) is 2.01. The Bertz CT molecular complexity index is 535. The van der Waals surface area contributed by atoms with Gasteiger partial charge in [0.05, 0.1) is 25.3 Å². The van der Waals surface area contributed by atoms with Crippen molar-refractivity contribution in [2.45, 2.75) is 0 Å². The predicted octanol–water partition coefficient (Wildman–Crippen LogP) is 2.47. The molecule has 4 nitrogen and oxygen atoms in total. The fraction of sp³-hybridized carbons (Fsp3) is 0.167. The summed E-state index contributed by atoms with van der Waals surface area (Å²) in [7, 11) is 2.56. The summed E-state index contributed by atoms with van der Waals surface area (Å²) >= 11 is 1.50. The molecule has 0 aliphatic heterocycles. The standard InChI is InChI=1S/C12H10O4S/c1-15-11(13)9-3-7-5-17-6-8(7)4-10(9)12(14)16-2/h3-6H,1-2H3. The van der Waals surface area contributed by atoms with E-state index < -0.39 is 11.9 Å². The summed E-state index contributed by atoms with van der Waals surface area (Å²) in [5.74, 6) is -1.09. The lowest BCUT2D eigenvalue weighted by atomic mass is 10.0. The summed E-state index contributed by atoms with van der Waals surface area (Å²) in [6.45, 7) is 0. The molecule has 0 aliphatic rings. The van der Waals surface area contributed by atoms with Crippen LogP contribution in [0.2, 0.25) is 0 Å². The molecule has 1 heterocycles. The number of fused-ring (bicyclic) bond motifs is 1. The Labute approximate surface area is 102 Å². The molecule has 88 valence electrons.